The molecule has 1 aromatic carbocycles. The third-order valence-electron chi connectivity index (χ3n) is 5.97. The van der Waals surface area contributed by atoms with Crippen LogP contribution in [0.1, 0.15) is 30.9 Å². The van der Waals surface area contributed by atoms with Crippen molar-refractivity contribution in [1.82, 2.24) is 20.4 Å². The summed E-state index contributed by atoms with van der Waals surface area (Å²) < 4.78 is 11.8. The number of ether oxygens (including phenoxy) is 2. The standard InChI is InChI=1S/C23H39N5O2.HI/c1-4-27-11-13-28(14-12-27)10-9-25-23(24-3)26-17-20-8-7-19(2)16-22(20)30-18-21-6-5-15-29-21;/h7-8,16,21H,4-6,9-15,17-18H2,1-3H3,(H2,24,25,26);1H. The molecule has 1 unspecified atom stereocenters. The van der Waals surface area contributed by atoms with Gasteiger partial charge in [-0.05, 0) is 37.9 Å². The Morgan fingerprint density at radius 1 is 1.19 bits per heavy atom. The molecule has 1 atom stereocenters. The highest BCUT2D eigenvalue weighted by Gasteiger charge is 2.17. The van der Waals surface area contributed by atoms with Crippen LogP contribution >= 0.6 is 24.0 Å². The second-order valence-corrected chi connectivity index (χ2v) is 8.19. The lowest BCUT2D eigenvalue weighted by atomic mass is 10.1. The lowest BCUT2D eigenvalue weighted by Gasteiger charge is -2.34. The molecule has 0 amide bonds. The van der Waals surface area contributed by atoms with Crippen molar-refractivity contribution in [3.8, 4) is 5.75 Å². The number of guanidine groups is 1. The molecule has 2 aliphatic heterocycles. The van der Waals surface area contributed by atoms with Crippen molar-refractivity contribution in [1.29, 1.82) is 0 Å². The van der Waals surface area contributed by atoms with Gasteiger partial charge in [0.05, 0.1) is 6.10 Å². The zero-order chi connectivity index (χ0) is 21.2. The normalized spacial score (nSPS) is 20.4. The Labute approximate surface area is 205 Å². The Hall–Kier alpha value is -1.10. The molecular weight excluding hydrogens is 505 g/mol. The van der Waals surface area contributed by atoms with Gasteiger partial charge in [0.1, 0.15) is 12.4 Å². The van der Waals surface area contributed by atoms with Crippen LogP contribution < -0.4 is 15.4 Å². The van der Waals surface area contributed by atoms with Gasteiger partial charge in [-0.25, -0.2) is 0 Å². The van der Waals surface area contributed by atoms with E-state index >= 15 is 0 Å². The smallest absolute Gasteiger partial charge is 0.191 e. The van der Waals surface area contributed by atoms with Crippen LogP contribution in [0.4, 0.5) is 0 Å². The summed E-state index contributed by atoms with van der Waals surface area (Å²) >= 11 is 0. The van der Waals surface area contributed by atoms with E-state index in [2.05, 4.69) is 57.5 Å². The zero-order valence-corrected chi connectivity index (χ0v) is 21.7. The quantitative estimate of drug-likeness (QED) is 0.283. The molecule has 0 aromatic heterocycles. The fourth-order valence-corrected chi connectivity index (χ4v) is 3.96. The summed E-state index contributed by atoms with van der Waals surface area (Å²) in [5.41, 5.74) is 2.34. The lowest BCUT2D eigenvalue weighted by molar-refractivity contribution is 0.0676. The van der Waals surface area contributed by atoms with Gasteiger partial charge in [-0.3, -0.25) is 9.89 Å². The molecule has 2 fully saturated rings. The Bertz CT molecular complexity index is 674. The molecule has 0 spiro atoms. The highest BCUT2D eigenvalue weighted by atomic mass is 127. The number of rotatable bonds is 9. The highest BCUT2D eigenvalue weighted by Crippen LogP contribution is 2.22. The molecule has 0 bridgehead atoms. The molecule has 0 saturated carbocycles. The molecule has 31 heavy (non-hydrogen) atoms. The summed E-state index contributed by atoms with van der Waals surface area (Å²) in [5.74, 6) is 1.76. The molecule has 2 N–H and O–H groups in total. The number of halogens is 1. The van der Waals surface area contributed by atoms with Gasteiger partial charge < -0.3 is 25.0 Å². The first kappa shape index (κ1) is 26.2. The van der Waals surface area contributed by atoms with E-state index in [-0.39, 0.29) is 30.1 Å². The van der Waals surface area contributed by atoms with E-state index in [1.165, 1.54) is 18.7 Å². The summed E-state index contributed by atoms with van der Waals surface area (Å²) in [4.78, 5) is 9.40. The van der Waals surface area contributed by atoms with Crippen molar-refractivity contribution < 1.29 is 9.47 Å². The summed E-state index contributed by atoms with van der Waals surface area (Å²) in [6.45, 7) is 14.2. The first-order valence-corrected chi connectivity index (χ1v) is 11.4. The van der Waals surface area contributed by atoms with Crippen LogP contribution in [0.3, 0.4) is 0 Å². The average Bonchev–Trinajstić information content (AvgIpc) is 3.29. The Kier molecular flexibility index (Phi) is 11.9. The number of nitrogens with zero attached hydrogens (tertiary/aromatic N) is 3. The van der Waals surface area contributed by atoms with E-state index in [1.54, 1.807) is 0 Å². The van der Waals surface area contributed by atoms with Gasteiger partial charge >= 0.3 is 0 Å². The van der Waals surface area contributed by atoms with Crippen molar-refractivity contribution in [2.75, 3.05) is 66.1 Å². The molecule has 2 heterocycles. The zero-order valence-electron chi connectivity index (χ0n) is 19.4. The number of aryl methyl sites for hydroxylation is 1. The predicted octanol–water partition coefficient (Wildman–Crippen LogP) is 2.47. The van der Waals surface area contributed by atoms with Crippen molar-refractivity contribution in [3.05, 3.63) is 29.3 Å². The number of likely N-dealkylation sites (N-methyl/N-ethyl adjacent to an activating group) is 1. The Balaban J connectivity index is 0.00000341. The SMILES string of the molecule is CCN1CCN(CCNC(=NC)NCc2ccc(C)cc2OCC2CCCO2)CC1.I. The first-order chi connectivity index (χ1) is 14.7. The van der Waals surface area contributed by atoms with Crippen LogP contribution in [0.5, 0.6) is 5.75 Å². The van der Waals surface area contributed by atoms with Crippen molar-refractivity contribution in [2.24, 2.45) is 4.99 Å². The molecule has 1 aromatic rings. The van der Waals surface area contributed by atoms with Crippen LogP contribution in [0.15, 0.2) is 23.2 Å². The van der Waals surface area contributed by atoms with Crippen LogP contribution in [0.2, 0.25) is 0 Å². The van der Waals surface area contributed by atoms with Crippen LogP contribution in [-0.2, 0) is 11.3 Å². The molecule has 3 rings (SSSR count). The van der Waals surface area contributed by atoms with E-state index in [0.717, 1.165) is 69.4 Å². The van der Waals surface area contributed by atoms with Crippen molar-refractivity contribution in [3.63, 3.8) is 0 Å². The highest BCUT2D eigenvalue weighted by molar-refractivity contribution is 14.0. The van der Waals surface area contributed by atoms with Crippen LogP contribution in [-0.4, -0.2) is 87.9 Å². The van der Waals surface area contributed by atoms with Gasteiger partial charge in [0.15, 0.2) is 5.96 Å². The van der Waals surface area contributed by atoms with Crippen molar-refractivity contribution >= 4 is 29.9 Å². The Morgan fingerprint density at radius 2 is 1.97 bits per heavy atom. The average molecular weight is 546 g/mol. The van der Waals surface area contributed by atoms with E-state index in [4.69, 9.17) is 9.47 Å². The van der Waals surface area contributed by atoms with Gasteiger partial charge in [0, 0.05) is 65.0 Å². The molecule has 2 aliphatic rings. The fourth-order valence-electron chi connectivity index (χ4n) is 3.96. The molecule has 8 heteroatoms. The monoisotopic (exact) mass is 545 g/mol. The summed E-state index contributed by atoms with van der Waals surface area (Å²) in [6.07, 6.45) is 2.44. The van der Waals surface area contributed by atoms with Crippen LogP contribution in [0, 0.1) is 6.92 Å². The lowest BCUT2D eigenvalue weighted by Crippen LogP contribution is -2.49. The van der Waals surface area contributed by atoms with E-state index in [9.17, 15) is 0 Å². The van der Waals surface area contributed by atoms with E-state index < -0.39 is 0 Å². The predicted molar refractivity (Wildman–Crippen MR) is 138 cm³/mol. The van der Waals surface area contributed by atoms with E-state index in [0.29, 0.717) is 13.2 Å². The third kappa shape index (κ3) is 8.75. The summed E-state index contributed by atoms with van der Waals surface area (Å²) in [5, 5.41) is 6.87. The minimum atomic E-state index is 0. The molecule has 7 nitrogen and oxygen atoms in total. The maximum Gasteiger partial charge on any atom is 0.191 e. The van der Waals surface area contributed by atoms with Gasteiger partial charge in [-0.1, -0.05) is 19.1 Å². The van der Waals surface area contributed by atoms with Gasteiger partial charge in [-0.2, -0.15) is 0 Å². The minimum absolute atomic E-state index is 0. The Morgan fingerprint density at radius 3 is 2.65 bits per heavy atom. The first-order valence-electron chi connectivity index (χ1n) is 11.4. The number of nitrogens with one attached hydrogen (secondary N) is 2. The molecule has 0 radical (unpaired) electrons. The maximum atomic E-state index is 6.11. The van der Waals surface area contributed by atoms with Crippen LogP contribution in [0.25, 0.3) is 0 Å². The fraction of sp³-hybridized carbons (Fsp3) is 0.696. The molecule has 176 valence electrons. The van der Waals surface area contributed by atoms with Crippen molar-refractivity contribution in [2.45, 2.75) is 39.3 Å². The summed E-state index contributed by atoms with van der Waals surface area (Å²) in [6, 6.07) is 6.37. The largest absolute Gasteiger partial charge is 0.491 e. The number of aliphatic imine (C=N–C) groups is 1. The van der Waals surface area contributed by atoms with Gasteiger partial charge in [0.25, 0.3) is 0 Å². The molecule has 2 saturated heterocycles. The second-order valence-electron chi connectivity index (χ2n) is 8.19. The third-order valence-corrected chi connectivity index (χ3v) is 5.97. The van der Waals surface area contributed by atoms with E-state index in [1.807, 2.05) is 7.05 Å². The minimum Gasteiger partial charge on any atom is -0.491 e. The number of hydrogen-bond acceptors (Lipinski definition) is 5. The van der Waals surface area contributed by atoms with Gasteiger partial charge in [-0.15, -0.1) is 24.0 Å². The number of piperazine rings is 1. The topological polar surface area (TPSA) is 61.4 Å². The summed E-state index contributed by atoms with van der Waals surface area (Å²) in [7, 11) is 1.82. The molecule has 0 aliphatic carbocycles. The molecular formula is C23H40IN5O2. The number of hydrogen-bond donors (Lipinski definition) is 2. The maximum absolute atomic E-state index is 6.11. The second kappa shape index (κ2) is 14.1. The number of benzene rings is 1. The van der Waals surface area contributed by atoms with Gasteiger partial charge in [0.2, 0.25) is 0 Å².